The number of likely N-dealkylation sites (N-methyl/N-ethyl adjacent to an activating group) is 1. The largest absolute Gasteiger partial charge is 0.351 e. The zero-order chi connectivity index (χ0) is 32.3. The second-order valence-corrected chi connectivity index (χ2v) is 13.0. The summed E-state index contributed by atoms with van der Waals surface area (Å²) in [6.07, 6.45) is 11.6. The SMILES string of the molecule is CN1CC2CCN(c3nc(NC4CCC(N(C(=O)NCc5ccccc5)c5ccc(-c6cnn(C)c6)cn5)CC4)ncc3C#N)C2C1. The van der Waals surface area contributed by atoms with E-state index in [1.807, 2.05) is 73.0 Å². The van der Waals surface area contributed by atoms with Crippen LogP contribution in [-0.2, 0) is 13.6 Å². The van der Waals surface area contributed by atoms with Crippen molar-refractivity contribution in [1.29, 1.82) is 5.26 Å². The van der Waals surface area contributed by atoms with Gasteiger partial charge in [0.05, 0.1) is 12.4 Å². The number of carbonyl (C=O) groups is 1. The molecule has 12 heteroatoms. The van der Waals surface area contributed by atoms with Gasteiger partial charge in [-0.2, -0.15) is 15.3 Å². The van der Waals surface area contributed by atoms with Crippen molar-refractivity contribution in [3.8, 4) is 17.2 Å². The molecule has 2 atom stereocenters. The fraction of sp³-hybridized carbons (Fsp3) is 0.429. The number of hydrogen-bond donors (Lipinski definition) is 2. The van der Waals surface area contributed by atoms with Gasteiger partial charge in [-0.3, -0.25) is 9.58 Å². The van der Waals surface area contributed by atoms with E-state index < -0.39 is 0 Å². The maximum atomic E-state index is 13.8. The van der Waals surface area contributed by atoms with Crippen LogP contribution in [0.15, 0.2) is 67.3 Å². The lowest BCUT2D eigenvalue weighted by atomic mass is 9.90. The Morgan fingerprint density at radius 3 is 2.53 bits per heavy atom. The Kier molecular flexibility index (Phi) is 8.72. The van der Waals surface area contributed by atoms with E-state index in [4.69, 9.17) is 9.97 Å². The van der Waals surface area contributed by atoms with Crippen molar-refractivity contribution >= 4 is 23.6 Å². The van der Waals surface area contributed by atoms with Crippen LogP contribution in [-0.4, -0.2) is 80.5 Å². The van der Waals surface area contributed by atoms with E-state index in [1.165, 1.54) is 0 Å². The molecule has 0 bridgehead atoms. The van der Waals surface area contributed by atoms with Crippen LogP contribution >= 0.6 is 0 Å². The minimum Gasteiger partial charge on any atom is -0.351 e. The number of anilines is 3. The average molecular weight is 632 g/mol. The summed E-state index contributed by atoms with van der Waals surface area (Å²) >= 11 is 0. The zero-order valence-electron chi connectivity index (χ0n) is 27.0. The van der Waals surface area contributed by atoms with E-state index in [-0.39, 0.29) is 18.1 Å². The Balaban J connectivity index is 1.04. The van der Waals surface area contributed by atoms with Crippen molar-refractivity contribution in [1.82, 2.24) is 34.9 Å². The van der Waals surface area contributed by atoms with Gasteiger partial charge >= 0.3 is 6.03 Å². The summed E-state index contributed by atoms with van der Waals surface area (Å²) in [4.78, 5) is 34.4. The number of nitrogens with zero attached hydrogens (tertiary/aromatic N) is 9. The minimum absolute atomic E-state index is 0.0149. The number of carbonyl (C=O) groups excluding carboxylic acids is 1. The van der Waals surface area contributed by atoms with Gasteiger partial charge in [0.2, 0.25) is 5.95 Å². The van der Waals surface area contributed by atoms with Crippen molar-refractivity contribution in [2.24, 2.45) is 13.0 Å². The fourth-order valence-electron chi connectivity index (χ4n) is 7.42. The molecule has 4 aromatic rings. The number of likely N-dealkylation sites (tertiary alicyclic amines) is 1. The van der Waals surface area contributed by atoms with Crippen LogP contribution in [0.1, 0.15) is 43.2 Å². The second kappa shape index (κ2) is 13.4. The predicted molar refractivity (Wildman–Crippen MR) is 181 cm³/mol. The Labute approximate surface area is 275 Å². The molecule has 0 radical (unpaired) electrons. The van der Waals surface area contributed by atoms with Gasteiger partial charge < -0.3 is 20.4 Å². The average Bonchev–Trinajstić information content (AvgIpc) is 3.81. The molecular formula is C35H41N11O. The van der Waals surface area contributed by atoms with Crippen molar-refractivity contribution in [3.05, 3.63) is 78.4 Å². The summed E-state index contributed by atoms with van der Waals surface area (Å²) in [6.45, 7) is 3.43. The third-order valence-corrected chi connectivity index (χ3v) is 9.82. The first-order chi connectivity index (χ1) is 22.9. The Hall–Kier alpha value is -5.02. The Bertz CT molecular complexity index is 1730. The van der Waals surface area contributed by atoms with Crippen LogP contribution in [0.3, 0.4) is 0 Å². The Morgan fingerprint density at radius 1 is 0.979 bits per heavy atom. The standard InChI is InChI=1S/C35H41N11O/c1-43-21-26-14-15-45(31(26)23-43)33-27(16-36)19-38-34(42-33)41-29-9-11-30(12-10-29)46(35(47)39-17-24-6-4-3-5-7-24)32-13-8-25(18-37-32)28-20-40-44(2)22-28/h3-8,13,18-20,22,26,29-31H,9-12,14-15,17,21,23H2,1-2H3,(H,39,47)(H,38,41,42). The van der Waals surface area contributed by atoms with Crippen LogP contribution in [0.4, 0.5) is 22.4 Å². The van der Waals surface area contributed by atoms with Crippen LogP contribution in [0, 0.1) is 17.2 Å². The fourth-order valence-corrected chi connectivity index (χ4v) is 7.42. The smallest absolute Gasteiger partial charge is 0.323 e. The lowest BCUT2D eigenvalue weighted by Gasteiger charge is -2.36. The van der Waals surface area contributed by atoms with E-state index >= 15 is 0 Å². The molecule has 1 aromatic carbocycles. The molecule has 1 aliphatic carbocycles. The summed E-state index contributed by atoms with van der Waals surface area (Å²) in [6, 6.07) is 16.5. The molecule has 3 aliphatic rings. The van der Waals surface area contributed by atoms with Gasteiger partial charge in [0.15, 0.2) is 5.82 Å². The molecule has 5 heterocycles. The topological polar surface area (TPSA) is 131 Å². The highest BCUT2D eigenvalue weighted by molar-refractivity contribution is 5.91. The lowest BCUT2D eigenvalue weighted by molar-refractivity contribution is 0.240. The monoisotopic (exact) mass is 631 g/mol. The van der Waals surface area contributed by atoms with E-state index in [0.29, 0.717) is 35.8 Å². The molecule has 2 N–H and O–H groups in total. The Morgan fingerprint density at radius 2 is 1.81 bits per heavy atom. The first kappa shape index (κ1) is 30.6. The number of rotatable bonds is 8. The molecule has 3 aromatic heterocycles. The number of nitrogens with one attached hydrogen (secondary N) is 2. The van der Waals surface area contributed by atoms with Crippen LogP contribution in [0.2, 0.25) is 0 Å². The quantitative estimate of drug-likeness (QED) is 0.290. The number of aryl methyl sites for hydroxylation is 1. The van der Waals surface area contributed by atoms with Crippen LogP contribution in [0.5, 0.6) is 0 Å². The first-order valence-electron chi connectivity index (χ1n) is 16.5. The second-order valence-electron chi connectivity index (χ2n) is 13.0. The number of fused-ring (bicyclic) bond motifs is 1. The van der Waals surface area contributed by atoms with Crippen molar-refractivity contribution in [3.63, 3.8) is 0 Å². The van der Waals surface area contributed by atoms with Gasteiger partial charge in [0.25, 0.3) is 0 Å². The number of pyridine rings is 1. The summed E-state index contributed by atoms with van der Waals surface area (Å²) in [5.74, 6) is 2.54. The number of nitriles is 1. The molecule has 2 saturated heterocycles. The molecular weight excluding hydrogens is 590 g/mol. The van der Waals surface area contributed by atoms with Gasteiger partial charge in [-0.25, -0.2) is 14.8 Å². The number of benzene rings is 1. The third kappa shape index (κ3) is 6.62. The summed E-state index contributed by atoms with van der Waals surface area (Å²) in [5.41, 5.74) is 3.49. The van der Waals surface area contributed by atoms with Crippen LogP contribution < -0.4 is 20.4 Å². The maximum Gasteiger partial charge on any atom is 0.323 e. The molecule has 2 amide bonds. The van der Waals surface area contributed by atoms with Gasteiger partial charge in [-0.1, -0.05) is 30.3 Å². The maximum absolute atomic E-state index is 13.8. The normalized spacial score (nSPS) is 22.4. The molecule has 7 rings (SSSR count). The number of urea groups is 1. The van der Waals surface area contributed by atoms with Crippen molar-refractivity contribution in [2.45, 2.75) is 56.8 Å². The van der Waals surface area contributed by atoms with Crippen LogP contribution in [0.25, 0.3) is 11.1 Å². The van der Waals surface area contributed by atoms with E-state index in [2.05, 4.69) is 43.6 Å². The summed E-state index contributed by atoms with van der Waals surface area (Å²) in [7, 11) is 4.05. The van der Waals surface area contributed by atoms with Gasteiger partial charge in [0.1, 0.15) is 17.5 Å². The first-order valence-corrected chi connectivity index (χ1v) is 16.5. The molecule has 12 nitrogen and oxygen atoms in total. The molecule has 3 fully saturated rings. The molecule has 2 unspecified atom stereocenters. The molecule has 1 saturated carbocycles. The minimum atomic E-state index is -0.159. The summed E-state index contributed by atoms with van der Waals surface area (Å²) in [5, 5.41) is 20.8. The zero-order valence-corrected chi connectivity index (χ0v) is 27.0. The molecule has 2 aliphatic heterocycles. The van der Waals surface area contributed by atoms with E-state index in [9.17, 15) is 10.1 Å². The molecule has 242 valence electrons. The van der Waals surface area contributed by atoms with Gasteiger partial charge in [-0.05, 0) is 62.8 Å². The van der Waals surface area contributed by atoms with E-state index in [0.717, 1.165) is 74.2 Å². The number of aromatic nitrogens is 5. The molecule has 0 spiro atoms. The summed E-state index contributed by atoms with van der Waals surface area (Å²) < 4.78 is 1.76. The van der Waals surface area contributed by atoms with E-state index in [1.54, 1.807) is 10.9 Å². The number of hydrogen-bond acceptors (Lipinski definition) is 9. The molecule has 47 heavy (non-hydrogen) atoms. The van der Waals surface area contributed by atoms with Gasteiger partial charge in [0, 0.05) is 74.9 Å². The highest BCUT2D eigenvalue weighted by Gasteiger charge is 2.41. The predicted octanol–water partition coefficient (Wildman–Crippen LogP) is 4.42. The lowest BCUT2D eigenvalue weighted by Crippen LogP contribution is -2.49. The van der Waals surface area contributed by atoms with Crippen molar-refractivity contribution < 1.29 is 4.79 Å². The van der Waals surface area contributed by atoms with Crippen molar-refractivity contribution in [2.75, 3.05) is 41.8 Å². The highest BCUT2D eigenvalue weighted by atomic mass is 16.2. The number of amides is 2. The highest BCUT2D eigenvalue weighted by Crippen LogP contribution is 2.36. The third-order valence-electron chi connectivity index (χ3n) is 9.82. The van der Waals surface area contributed by atoms with Gasteiger partial charge in [-0.15, -0.1) is 0 Å².